The first-order valence-corrected chi connectivity index (χ1v) is 2.20. The van der Waals surface area contributed by atoms with Crippen LogP contribution in [0.5, 0.6) is 0 Å². The molecule has 1 atom stereocenters. The molecule has 1 rings (SSSR count). The van der Waals surface area contributed by atoms with Crippen LogP contribution >= 0.6 is 0 Å². The van der Waals surface area contributed by atoms with Gasteiger partial charge >= 0.3 is 0 Å². The van der Waals surface area contributed by atoms with E-state index in [4.69, 9.17) is 10.2 Å². The van der Waals surface area contributed by atoms with E-state index in [1.165, 1.54) is 6.08 Å². The van der Waals surface area contributed by atoms with Crippen LogP contribution in [0.4, 0.5) is 0 Å². The van der Waals surface area contributed by atoms with Gasteiger partial charge in [-0.2, -0.15) is 0 Å². The molecule has 1 aliphatic rings. The smallest absolute Gasteiger partial charge is 0.118 e. The van der Waals surface area contributed by atoms with E-state index in [2.05, 4.69) is 0 Å². The maximum Gasteiger partial charge on any atom is 0.118 e. The largest absolute Gasteiger partial charge is 0.389 e. The van der Waals surface area contributed by atoms with Crippen LogP contribution in [0.15, 0.2) is 12.2 Å². The van der Waals surface area contributed by atoms with E-state index < -0.39 is 6.10 Å². The monoisotopic (exact) mass is 99.0 g/mol. The summed E-state index contributed by atoms with van der Waals surface area (Å²) in [5.41, 5.74) is 0. The highest BCUT2D eigenvalue weighted by atomic mass is 16.3. The average molecular weight is 99.1 g/mol. The summed E-state index contributed by atoms with van der Waals surface area (Å²) in [5.74, 6) is 0. The summed E-state index contributed by atoms with van der Waals surface area (Å²) in [6, 6.07) is 0. The Morgan fingerprint density at radius 1 is 1.71 bits per heavy atom. The predicted octanol–water partition coefficient (Wildman–Crippen LogP) is 0.212. The van der Waals surface area contributed by atoms with Crippen molar-refractivity contribution in [3.63, 3.8) is 0 Å². The lowest BCUT2D eigenvalue weighted by Gasteiger charge is -1.95. The number of aliphatic hydroxyl groups excluding tert-OH is 2. The normalized spacial score (nSPS) is 32.0. The van der Waals surface area contributed by atoms with Gasteiger partial charge in [0.25, 0.3) is 0 Å². The quantitative estimate of drug-likeness (QED) is 0.455. The molecule has 0 saturated heterocycles. The van der Waals surface area contributed by atoms with Crippen LogP contribution in [0.2, 0.25) is 0 Å². The van der Waals surface area contributed by atoms with Gasteiger partial charge in [0, 0.05) is 6.42 Å². The van der Waals surface area contributed by atoms with Gasteiger partial charge in [0.15, 0.2) is 0 Å². The van der Waals surface area contributed by atoms with Gasteiger partial charge in [-0.05, 0) is 0 Å². The molecule has 2 nitrogen and oxygen atoms in total. The fraction of sp³-hybridized carbons (Fsp3) is 0.400. The Kier molecular flexibility index (Phi) is 1.13. The first-order valence-electron chi connectivity index (χ1n) is 2.20. The van der Waals surface area contributed by atoms with Crippen molar-refractivity contribution in [1.29, 1.82) is 0 Å². The summed E-state index contributed by atoms with van der Waals surface area (Å²) >= 11 is 0. The van der Waals surface area contributed by atoms with Crippen LogP contribution < -0.4 is 0 Å². The third kappa shape index (κ3) is 1.01. The lowest BCUT2D eigenvalue weighted by atomic mass is 10.3. The molecule has 0 amide bonds. The number of hydrogen-bond donors (Lipinski definition) is 2. The standard InChI is InChI=1S/C5H7O2/c6-4-1-2-5(7)3-4/h1-2,4,6-7H,3H2/t4-/m1/s1. The van der Waals surface area contributed by atoms with E-state index >= 15 is 0 Å². The Labute approximate surface area is 42.1 Å². The van der Waals surface area contributed by atoms with Crippen molar-refractivity contribution in [2.75, 3.05) is 0 Å². The molecule has 2 heteroatoms. The minimum atomic E-state index is -0.444. The van der Waals surface area contributed by atoms with Gasteiger partial charge in [0.1, 0.15) is 6.10 Å². The van der Waals surface area contributed by atoms with Crippen LogP contribution in [0.1, 0.15) is 6.42 Å². The molecule has 0 aromatic carbocycles. The number of rotatable bonds is 0. The van der Waals surface area contributed by atoms with Crippen LogP contribution in [0.25, 0.3) is 0 Å². The Hall–Kier alpha value is -0.340. The number of hydrogen-bond acceptors (Lipinski definition) is 2. The molecule has 0 spiro atoms. The second kappa shape index (κ2) is 1.64. The van der Waals surface area contributed by atoms with E-state index in [1.807, 2.05) is 0 Å². The highest BCUT2D eigenvalue weighted by molar-refractivity contribution is 5.13. The zero-order valence-electron chi connectivity index (χ0n) is 3.83. The van der Waals surface area contributed by atoms with Crippen molar-refractivity contribution in [2.24, 2.45) is 0 Å². The highest BCUT2D eigenvalue weighted by Crippen LogP contribution is 2.15. The van der Waals surface area contributed by atoms with Gasteiger partial charge in [-0.1, -0.05) is 12.2 Å². The second-order valence-corrected chi connectivity index (χ2v) is 1.62. The molecule has 0 aromatic heterocycles. The third-order valence-corrected chi connectivity index (χ3v) is 0.929. The molecule has 1 aliphatic carbocycles. The predicted molar refractivity (Wildman–Crippen MR) is 24.9 cm³/mol. The van der Waals surface area contributed by atoms with Gasteiger partial charge < -0.3 is 10.2 Å². The fourth-order valence-electron chi connectivity index (χ4n) is 0.573. The topological polar surface area (TPSA) is 40.5 Å². The van der Waals surface area contributed by atoms with Crippen molar-refractivity contribution < 1.29 is 10.2 Å². The maximum atomic E-state index is 8.63. The summed E-state index contributed by atoms with van der Waals surface area (Å²) in [6.07, 6.45) is 3.30. The zero-order valence-corrected chi connectivity index (χ0v) is 3.83. The van der Waals surface area contributed by atoms with Gasteiger partial charge in [-0.3, -0.25) is 0 Å². The molecular weight excluding hydrogens is 92.1 g/mol. The molecular formula is C5H7O2. The van der Waals surface area contributed by atoms with Gasteiger partial charge in [0.2, 0.25) is 0 Å². The second-order valence-electron chi connectivity index (χ2n) is 1.62. The van der Waals surface area contributed by atoms with Gasteiger partial charge in [-0.15, -0.1) is 0 Å². The summed E-state index contributed by atoms with van der Waals surface area (Å²) in [7, 11) is 0. The van der Waals surface area contributed by atoms with Crippen molar-refractivity contribution in [1.82, 2.24) is 0 Å². The van der Waals surface area contributed by atoms with E-state index in [0.717, 1.165) is 0 Å². The zero-order chi connectivity index (χ0) is 5.28. The molecule has 0 bridgehead atoms. The van der Waals surface area contributed by atoms with Gasteiger partial charge in [0.05, 0.1) is 6.10 Å². The van der Waals surface area contributed by atoms with E-state index in [9.17, 15) is 0 Å². The Bertz CT molecular complexity index is 78.1. The summed E-state index contributed by atoms with van der Waals surface area (Å²) in [4.78, 5) is 0. The lowest BCUT2D eigenvalue weighted by Crippen LogP contribution is -1.98. The minimum Gasteiger partial charge on any atom is -0.389 e. The first kappa shape index (κ1) is 4.81. The van der Waals surface area contributed by atoms with Crippen LogP contribution in [0, 0.1) is 6.10 Å². The molecule has 0 aromatic rings. The average Bonchev–Trinajstić information content (AvgIpc) is 1.87. The SMILES string of the molecule is O[C]1C=C[C@@H](O)C1. The Morgan fingerprint density at radius 2 is 2.43 bits per heavy atom. The van der Waals surface area contributed by atoms with E-state index in [1.54, 1.807) is 6.08 Å². The summed E-state index contributed by atoms with van der Waals surface area (Å²) < 4.78 is 0. The third-order valence-electron chi connectivity index (χ3n) is 0.929. The highest BCUT2D eigenvalue weighted by Gasteiger charge is 2.13. The van der Waals surface area contributed by atoms with E-state index in [-0.39, 0.29) is 6.10 Å². The summed E-state index contributed by atoms with van der Waals surface area (Å²) in [6.45, 7) is 0. The Morgan fingerprint density at radius 3 is 2.57 bits per heavy atom. The lowest BCUT2D eigenvalue weighted by molar-refractivity contribution is 0.198. The first-order chi connectivity index (χ1) is 3.29. The van der Waals surface area contributed by atoms with Crippen molar-refractivity contribution in [3.05, 3.63) is 18.3 Å². The van der Waals surface area contributed by atoms with Crippen LogP contribution in [-0.2, 0) is 0 Å². The summed E-state index contributed by atoms with van der Waals surface area (Å²) in [5, 5.41) is 17.2. The minimum absolute atomic E-state index is 0.271. The molecule has 0 aliphatic heterocycles. The van der Waals surface area contributed by atoms with Crippen molar-refractivity contribution in [3.8, 4) is 0 Å². The fourth-order valence-corrected chi connectivity index (χ4v) is 0.573. The van der Waals surface area contributed by atoms with Crippen LogP contribution in [0.3, 0.4) is 0 Å². The molecule has 2 N–H and O–H groups in total. The van der Waals surface area contributed by atoms with E-state index in [0.29, 0.717) is 6.42 Å². The molecule has 7 heavy (non-hydrogen) atoms. The van der Waals surface area contributed by atoms with Crippen LogP contribution in [-0.4, -0.2) is 16.3 Å². The molecule has 39 valence electrons. The van der Waals surface area contributed by atoms with Gasteiger partial charge in [-0.25, -0.2) is 0 Å². The molecule has 1 radical (unpaired) electrons. The molecule has 0 fully saturated rings. The van der Waals surface area contributed by atoms with Crippen molar-refractivity contribution in [2.45, 2.75) is 12.5 Å². The number of aliphatic hydroxyl groups is 2. The van der Waals surface area contributed by atoms with Crippen molar-refractivity contribution >= 4 is 0 Å². The molecule has 0 heterocycles. The molecule has 0 saturated carbocycles. The molecule has 0 unspecified atom stereocenters. The maximum absolute atomic E-state index is 8.63. The Balaban J connectivity index is 2.42.